The maximum absolute atomic E-state index is 12.6. The second kappa shape index (κ2) is 3.32. The lowest BCUT2D eigenvalue weighted by Crippen LogP contribution is -2.18. The monoisotopic (exact) mass is 211 g/mol. The molecule has 0 aliphatic carbocycles. The number of ether oxygens (including phenoxy) is 1. The molecule has 0 saturated heterocycles. The van der Waals surface area contributed by atoms with E-state index in [0.29, 0.717) is 6.07 Å². The highest BCUT2D eigenvalue weighted by Crippen LogP contribution is 2.30. The lowest BCUT2D eigenvalue weighted by molar-refractivity contribution is -0.276. The van der Waals surface area contributed by atoms with Crippen molar-refractivity contribution in [3.63, 3.8) is 0 Å². The molecule has 0 aromatic carbocycles. The number of hydrogen-bond acceptors (Lipinski definition) is 3. The van der Waals surface area contributed by atoms with Crippen molar-refractivity contribution in [3.05, 3.63) is 17.6 Å². The fraction of sp³-hybridized carbons (Fsp3) is 0.286. The van der Waals surface area contributed by atoms with E-state index in [9.17, 15) is 17.6 Å². The third kappa shape index (κ3) is 2.48. The second-order valence-electron chi connectivity index (χ2n) is 2.43. The van der Waals surface area contributed by atoms with E-state index in [1.54, 1.807) is 0 Å². The van der Waals surface area contributed by atoms with Gasteiger partial charge in [-0.15, -0.1) is 13.2 Å². The summed E-state index contributed by atoms with van der Waals surface area (Å²) in [6.45, 7) is 1.15. The zero-order chi connectivity index (χ0) is 10.9. The number of hydrogen-bond donors (Lipinski definition) is 1. The van der Waals surface area contributed by atoms with Crippen molar-refractivity contribution in [2.75, 3.05) is 0 Å². The van der Waals surface area contributed by atoms with E-state index < -0.39 is 23.8 Å². The van der Waals surface area contributed by atoms with Crippen LogP contribution in [0.15, 0.2) is 6.07 Å². The number of aromatic hydroxyl groups is 1. The summed E-state index contributed by atoms with van der Waals surface area (Å²) in [6.07, 6.45) is -4.96. The van der Waals surface area contributed by atoms with Crippen LogP contribution in [-0.2, 0) is 0 Å². The van der Waals surface area contributed by atoms with E-state index in [-0.39, 0.29) is 5.69 Å². The predicted molar refractivity (Wildman–Crippen MR) is 37.3 cm³/mol. The number of nitrogens with zero attached hydrogens (tertiary/aromatic N) is 1. The Morgan fingerprint density at radius 3 is 2.50 bits per heavy atom. The summed E-state index contributed by atoms with van der Waals surface area (Å²) in [7, 11) is 0. The maximum Gasteiger partial charge on any atom is 0.574 e. The molecule has 1 aromatic rings. The summed E-state index contributed by atoms with van der Waals surface area (Å²) in [5, 5.41) is 8.85. The van der Waals surface area contributed by atoms with Crippen molar-refractivity contribution >= 4 is 0 Å². The zero-order valence-corrected chi connectivity index (χ0v) is 6.89. The van der Waals surface area contributed by atoms with Gasteiger partial charge in [-0.2, -0.15) is 0 Å². The van der Waals surface area contributed by atoms with Gasteiger partial charge in [0.25, 0.3) is 5.88 Å². The van der Waals surface area contributed by atoms with Gasteiger partial charge in [0.15, 0.2) is 5.75 Å². The maximum atomic E-state index is 12.6. The van der Waals surface area contributed by atoms with Gasteiger partial charge in [-0.1, -0.05) is 0 Å². The number of aromatic nitrogens is 1. The Morgan fingerprint density at radius 2 is 2.00 bits per heavy atom. The molecule has 3 nitrogen and oxygen atoms in total. The van der Waals surface area contributed by atoms with Gasteiger partial charge in [-0.25, -0.2) is 9.37 Å². The third-order valence-electron chi connectivity index (χ3n) is 1.31. The molecule has 0 unspecified atom stereocenters. The second-order valence-corrected chi connectivity index (χ2v) is 2.43. The summed E-state index contributed by atoms with van der Waals surface area (Å²) in [4.78, 5) is 3.09. The van der Waals surface area contributed by atoms with Crippen LogP contribution in [0.2, 0.25) is 0 Å². The normalized spacial score (nSPS) is 11.5. The lowest BCUT2D eigenvalue weighted by Gasteiger charge is -2.09. The molecule has 0 amide bonds. The molecule has 0 radical (unpaired) electrons. The fourth-order valence-corrected chi connectivity index (χ4v) is 0.734. The van der Waals surface area contributed by atoms with Crippen LogP contribution in [0.3, 0.4) is 0 Å². The smallest absolute Gasteiger partial charge is 0.503 e. The Balaban J connectivity index is 3.04. The minimum atomic E-state index is -4.96. The van der Waals surface area contributed by atoms with E-state index in [1.165, 1.54) is 0 Å². The highest BCUT2D eigenvalue weighted by Gasteiger charge is 2.33. The van der Waals surface area contributed by atoms with Crippen molar-refractivity contribution in [1.82, 2.24) is 4.98 Å². The number of aryl methyl sites for hydroxylation is 1. The highest BCUT2D eigenvalue weighted by molar-refractivity contribution is 5.33. The van der Waals surface area contributed by atoms with Crippen molar-refractivity contribution < 1.29 is 27.4 Å². The molecule has 0 fully saturated rings. The SMILES string of the molecule is Cc1nc(OC(F)(F)F)c(O)cc1F. The third-order valence-corrected chi connectivity index (χ3v) is 1.31. The first-order valence-electron chi connectivity index (χ1n) is 3.41. The van der Waals surface area contributed by atoms with E-state index >= 15 is 0 Å². The van der Waals surface area contributed by atoms with E-state index in [4.69, 9.17) is 5.11 Å². The molecule has 7 heteroatoms. The molecule has 78 valence electrons. The molecule has 0 atom stereocenters. The summed E-state index contributed by atoms with van der Waals surface area (Å²) in [5.74, 6) is -2.96. The topological polar surface area (TPSA) is 42.4 Å². The lowest BCUT2D eigenvalue weighted by atomic mass is 10.3. The number of alkyl halides is 3. The van der Waals surface area contributed by atoms with Gasteiger partial charge in [0.2, 0.25) is 0 Å². The Kier molecular flexibility index (Phi) is 2.50. The van der Waals surface area contributed by atoms with Crippen LogP contribution in [-0.4, -0.2) is 16.5 Å². The van der Waals surface area contributed by atoms with Crippen molar-refractivity contribution in [2.24, 2.45) is 0 Å². The Labute approximate surface area is 76.0 Å². The van der Waals surface area contributed by atoms with E-state index in [0.717, 1.165) is 6.92 Å². The van der Waals surface area contributed by atoms with Crippen molar-refractivity contribution in [3.8, 4) is 11.6 Å². The first kappa shape index (κ1) is 10.6. The molecular formula is C7H5F4NO2. The van der Waals surface area contributed by atoms with Gasteiger partial charge in [0.1, 0.15) is 5.82 Å². The van der Waals surface area contributed by atoms with Gasteiger partial charge in [-0.05, 0) is 6.92 Å². The van der Waals surface area contributed by atoms with Crippen LogP contribution in [0.25, 0.3) is 0 Å². The minimum Gasteiger partial charge on any atom is -0.503 e. The van der Waals surface area contributed by atoms with E-state index in [2.05, 4.69) is 9.72 Å². The summed E-state index contributed by atoms with van der Waals surface area (Å²) >= 11 is 0. The molecule has 0 bridgehead atoms. The average molecular weight is 211 g/mol. The molecule has 14 heavy (non-hydrogen) atoms. The van der Waals surface area contributed by atoms with Crippen LogP contribution in [0, 0.1) is 12.7 Å². The fourth-order valence-electron chi connectivity index (χ4n) is 0.734. The van der Waals surface area contributed by atoms with Gasteiger partial charge >= 0.3 is 6.36 Å². The molecule has 1 N–H and O–H groups in total. The molecule has 0 saturated carbocycles. The summed E-state index contributed by atoms with van der Waals surface area (Å²) < 4.78 is 51.0. The van der Waals surface area contributed by atoms with Gasteiger partial charge in [-0.3, -0.25) is 0 Å². The largest absolute Gasteiger partial charge is 0.574 e. The predicted octanol–water partition coefficient (Wildman–Crippen LogP) is 2.13. The minimum absolute atomic E-state index is 0.290. The van der Waals surface area contributed by atoms with Crippen LogP contribution in [0.1, 0.15) is 5.69 Å². The van der Waals surface area contributed by atoms with Crippen molar-refractivity contribution in [2.45, 2.75) is 13.3 Å². The Bertz CT molecular complexity index is 350. The molecule has 1 aromatic heterocycles. The molecule has 1 rings (SSSR count). The van der Waals surface area contributed by atoms with Gasteiger partial charge < -0.3 is 9.84 Å². The van der Waals surface area contributed by atoms with E-state index in [1.807, 2.05) is 0 Å². The first-order valence-corrected chi connectivity index (χ1v) is 3.41. The first-order chi connectivity index (χ1) is 6.29. The van der Waals surface area contributed by atoms with Gasteiger partial charge in [0, 0.05) is 6.07 Å². The molecule has 0 aliphatic rings. The van der Waals surface area contributed by atoms with Gasteiger partial charge in [0.05, 0.1) is 5.69 Å². The molecular weight excluding hydrogens is 206 g/mol. The average Bonchev–Trinajstić information content (AvgIpc) is 1.97. The van der Waals surface area contributed by atoms with Crippen LogP contribution >= 0.6 is 0 Å². The Hall–Kier alpha value is -1.53. The number of rotatable bonds is 1. The molecule has 0 aliphatic heterocycles. The summed E-state index contributed by atoms with van der Waals surface area (Å²) in [6, 6.07) is 0.503. The zero-order valence-electron chi connectivity index (χ0n) is 6.89. The molecule has 0 spiro atoms. The van der Waals surface area contributed by atoms with Crippen LogP contribution < -0.4 is 4.74 Å². The van der Waals surface area contributed by atoms with Crippen LogP contribution in [0.4, 0.5) is 17.6 Å². The standard InChI is InChI=1S/C7H5F4NO2/c1-3-4(8)2-5(13)6(12-3)14-7(9,10)11/h2,13H,1H3. The molecule has 1 heterocycles. The quantitative estimate of drug-likeness (QED) is 0.723. The summed E-state index contributed by atoms with van der Waals surface area (Å²) in [5.41, 5.74) is -0.290. The Morgan fingerprint density at radius 1 is 1.43 bits per heavy atom. The highest BCUT2D eigenvalue weighted by atomic mass is 19.4. The number of halogens is 4. The van der Waals surface area contributed by atoms with Crippen molar-refractivity contribution in [1.29, 1.82) is 0 Å². The number of pyridine rings is 1. The van der Waals surface area contributed by atoms with Crippen LogP contribution in [0.5, 0.6) is 11.6 Å².